The molecule has 16 heavy (non-hydrogen) atoms. The average Bonchev–Trinajstić information content (AvgIpc) is 2.20. The van der Waals surface area contributed by atoms with Gasteiger partial charge >= 0.3 is 0 Å². The Hall–Kier alpha value is -0.0800. The first-order valence-electron chi connectivity index (χ1n) is 6.83. The van der Waals surface area contributed by atoms with Gasteiger partial charge < -0.3 is 9.64 Å². The van der Waals surface area contributed by atoms with E-state index >= 15 is 0 Å². The smallest absolute Gasteiger partial charge is 0.0709 e. The van der Waals surface area contributed by atoms with Gasteiger partial charge in [0.1, 0.15) is 0 Å². The van der Waals surface area contributed by atoms with Crippen LogP contribution in [-0.2, 0) is 4.74 Å². The minimum atomic E-state index is -0.0223. The van der Waals surface area contributed by atoms with Crippen LogP contribution < -0.4 is 0 Å². The van der Waals surface area contributed by atoms with Crippen molar-refractivity contribution in [2.24, 2.45) is 0 Å². The lowest BCUT2D eigenvalue weighted by Crippen LogP contribution is -2.38. The van der Waals surface area contributed by atoms with E-state index in [1.54, 1.807) is 0 Å². The Morgan fingerprint density at radius 2 is 1.62 bits per heavy atom. The van der Waals surface area contributed by atoms with Crippen LogP contribution in [-0.4, -0.2) is 36.2 Å². The lowest BCUT2D eigenvalue weighted by atomic mass is 10.1. The first-order valence-corrected chi connectivity index (χ1v) is 6.83. The number of likely N-dealkylation sites (N-methyl/N-ethyl adjacent to an activating group) is 1. The summed E-state index contributed by atoms with van der Waals surface area (Å²) in [6.07, 6.45) is 4.09. The quantitative estimate of drug-likeness (QED) is 0.629. The van der Waals surface area contributed by atoms with Crippen molar-refractivity contribution in [2.45, 2.75) is 72.5 Å². The third-order valence-corrected chi connectivity index (χ3v) is 2.76. The van der Waals surface area contributed by atoms with E-state index in [0.29, 0.717) is 6.10 Å². The van der Waals surface area contributed by atoms with Crippen LogP contribution in [0.4, 0.5) is 0 Å². The van der Waals surface area contributed by atoms with Crippen molar-refractivity contribution in [2.75, 3.05) is 19.6 Å². The molecule has 0 aliphatic rings. The molecule has 0 aromatic rings. The SMILES string of the molecule is CCCCC(CN(CC)CC)OC(C)(C)C. The summed E-state index contributed by atoms with van der Waals surface area (Å²) in [5, 5.41) is 0. The highest BCUT2D eigenvalue weighted by molar-refractivity contribution is 4.70. The maximum absolute atomic E-state index is 6.13. The molecule has 0 aliphatic carbocycles. The van der Waals surface area contributed by atoms with Crippen LogP contribution in [0, 0.1) is 0 Å². The van der Waals surface area contributed by atoms with E-state index < -0.39 is 0 Å². The van der Waals surface area contributed by atoms with Gasteiger partial charge in [-0.05, 0) is 40.3 Å². The molecular weight excluding hydrogens is 198 g/mol. The summed E-state index contributed by atoms with van der Waals surface area (Å²) in [6, 6.07) is 0. The van der Waals surface area contributed by atoms with Gasteiger partial charge in [0.2, 0.25) is 0 Å². The fourth-order valence-corrected chi connectivity index (χ4v) is 1.89. The van der Waals surface area contributed by atoms with E-state index in [-0.39, 0.29) is 5.60 Å². The van der Waals surface area contributed by atoms with Crippen LogP contribution >= 0.6 is 0 Å². The molecule has 0 amide bonds. The van der Waals surface area contributed by atoms with Gasteiger partial charge in [-0.3, -0.25) is 0 Å². The maximum Gasteiger partial charge on any atom is 0.0709 e. The van der Waals surface area contributed by atoms with Crippen LogP contribution in [0.3, 0.4) is 0 Å². The van der Waals surface area contributed by atoms with Crippen molar-refractivity contribution in [3.8, 4) is 0 Å². The van der Waals surface area contributed by atoms with Gasteiger partial charge in [-0.25, -0.2) is 0 Å². The van der Waals surface area contributed by atoms with Gasteiger partial charge in [-0.2, -0.15) is 0 Å². The molecule has 98 valence electrons. The van der Waals surface area contributed by atoms with Crippen molar-refractivity contribution < 1.29 is 4.74 Å². The average molecular weight is 229 g/mol. The lowest BCUT2D eigenvalue weighted by molar-refractivity contribution is -0.0745. The minimum absolute atomic E-state index is 0.0223. The predicted octanol–water partition coefficient (Wildman–Crippen LogP) is 3.70. The number of unbranched alkanes of at least 4 members (excludes halogenated alkanes) is 1. The van der Waals surface area contributed by atoms with E-state index in [4.69, 9.17) is 4.74 Å². The monoisotopic (exact) mass is 229 g/mol. The summed E-state index contributed by atoms with van der Waals surface area (Å²) in [4.78, 5) is 2.45. The molecule has 0 saturated heterocycles. The van der Waals surface area contributed by atoms with Crippen LogP contribution in [0.2, 0.25) is 0 Å². The Morgan fingerprint density at radius 3 is 2.00 bits per heavy atom. The van der Waals surface area contributed by atoms with Crippen molar-refractivity contribution >= 4 is 0 Å². The normalized spacial score (nSPS) is 14.4. The third-order valence-electron chi connectivity index (χ3n) is 2.76. The summed E-state index contributed by atoms with van der Waals surface area (Å²) < 4.78 is 6.13. The molecular formula is C14H31NO. The zero-order valence-electron chi connectivity index (χ0n) is 12.2. The Balaban J connectivity index is 4.18. The summed E-state index contributed by atoms with van der Waals surface area (Å²) >= 11 is 0. The van der Waals surface area contributed by atoms with Crippen LogP contribution in [0.5, 0.6) is 0 Å². The highest BCUT2D eigenvalue weighted by Crippen LogP contribution is 2.16. The maximum atomic E-state index is 6.13. The Morgan fingerprint density at radius 1 is 1.06 bits per heavy atom. The summed E-state index contributed by atoms with van der Waals surface area (Å²) in [5.74, 6) is 0. The highest BCUT2D eigenvalue weighted by atomic mass is 16.5. The fourth-order valence-electron chi connectivity index (χ4n) is 1.89. The van der Waals surface area contributed by atoms with Crippen LogP contribution in [0.15, 0.2) is 0 Å². The predicted molar refractivity (Wildman–Crippen MR) is 71.9 cm³/mol. The molecule has 2 nitrogen and oxygen atoms in total. The van der Waals surface area contributed by atoms with E-state index in [2.05, 4.69) is 46.4 Å². The van der Waals surface area contributed by atoms with E-state index in [1.807, 2.05) is 0 Å². The Bertz CT molecular complexity index is 159. The standard InChI is InChI=1S/C14H31NO/c1-7-10-11-13(16-14(4,5)6)12-15(8-2)9-3/h13H,7-12H2,1-6H3. The molecule has 0 saturated carbocycles. The van der Waals surface area contributed by atoms with E-state index in [1.165, 1.54) is 19.3 Å². The van der Waals surface area contributed by atoms with Crippen LogP contribution in [0.25, 0.3) is 0 Å². The van der Waals surface area contributed by atoms with E-state index in [9.17, 15) is 0 Å². The van der Waals surface area contributed by atoms with Crippen LogP contribution in [0.1, 0.15) is 60.8 Å². The molecule has 2 heteroatoms. The van der Waals surface area contributed by atoms with Gasteiger partial charge in [0.05, 0.1) is 11.7 Å². The zero-order valence-corrected chi connectivity index (χ0v) is 12.2. The fraction of sp³-hybridized carbons (Fsp3) is 1.00. The number of hydrogen-bond donors (Lipinski definition) is 0. The summed E-state index contributed by atoms with van der Waals surface area (Å²) in [5.41, 5.74) is -0.0223. The molecule has 0 rings (SSSR count). The molecule has 0 aromatic heterocycles. The molecule has 0 bridgehead atoms. The third kappa shape index (κ3) is 8.12. The van der Waals surface area contributed by atoms with E-state index in [0.717, 1.165) is 19.6 Å². The number of hydrogen-bond acceptors (Lipinski definition) is 2. The van der Waals surface area contributed by atoms with Gasteiger partial charge in [-0.1, -0.05) is 33.6 Å². The molecule has 0 N–H and O–H groups in total. The first-order chi connectivity index (χ1) is 7.42. The molecule has 0 spiro atoms. The summed E-state index contributed by atoms with van der Waals surface area (Å²) in [6.45, 7) is 16.4. The number of ether oxygens (including phenoxy) is 1. The molecule has 0 fully saturated rings. The lowest BCUT2D eigenvalue weighted by Gasteiger charge is -2.31. The Labute approximate surface area is 102 Å². The largest absolute Gasteiger partial charge is 0.371 e. The zero-order chi connectivity index (χ0) is 12.6. The topological polar surface area (TPSA) is 12.5 Å². The molecule has 0 aromatic carbocycles. The molecule has 0 aliphatic heterocycles. The van der Waals surface area contributed by atoms with Crippen molar-refractivity contribution in [3.05, 3.63) is 0 Å². The van der Waals surface area contributed by atoms with Crippen molar-refractivity contribution in [1.82, 2.24) is 4.90 Å². The molecule has 0 radical (unpaired) electrons. The van der Waals surface area contributed by atoms with Gasteiger partial charge in [0, 0.05) is 6.54 Å². The van der Waals surface area contributed by atoms with Gasteiger partial charge in [-0.15, -0.1) is 0 Å². The number of rotatable bonds is 8. The van der Waals surface area contributed by atoms with Gasteiger partial charge in [0.25, 0.3) is 0 Å². The summed E-state index contributed by atoms with van der Waals surface area (Å²) in [7, 11) is 0. The second-order valence-corrected chi connectivity index (χ2v) is 5.48. The van der Waals surface area contributed by atoms with Gasteiger partial charge in [0.15, 0.2) is 0 Å². The molecule has 1 atom stereocenters. The second kappa shape index (κ2) is 8.08. The molecule has 1 unspecified atom stereocenters. The highest BCUT2D eigenvalue weighted by Gasteiger charge is 2.19. The molecule has 0 heterocycles. The first kappa shape index (κ1) is 15.9. The van der Waals surface area contributed by atoms with Crippen molar-refractivity contribution in [1.29, 1.82) is 0 Å². The Kier molecular flexibility index (Phi) is 8.04. The second-order valence-electron chi connectivity index (χ2n) is 5.48. The number of nitrogens with zero attached hydrogens (tertiary/aromatic N) is 1. The van der Waals surface area contributed by atoms with Crippen molar-refractivity contribution in [3.63, 3.8) is 0 Å². The minimum Gasteiger partial charge on any atom is -0.371 e.